The fraction of sp³-hybridized carbons (Fsp3) is 0.308. The standard InChI is InChI=1S/C26H25FN2O5/c1-15-22(11-18(12-24(15)27)25(32)28-20-5-6-20)17-4-7-21-23(10-17)19(14-30)13-29(26(21)33)8-3-9-34-16(2)31/h4,7,10-14,20H,3,5-6,8-9H2,1-2H3,(H,28,32). The number of fused-ring (bicyclic) bond motifs is 1. The van der Waals surface area contributed by atoms with Crippen LogP contribution in [-0.4, -0.2) is 35.4 Å². The van der Waals surface area contributed by atoms with Crippen LogP contribution >= 0.6 is 0 Å². The zero-order valence-electron chi connectivity index (χ0n) is 19.0. The Labute approximate surface area is 195 Å². The highest BCUT2D eigenvalue weighted by molar-refractivity contribution is 6.00. The lowest BCUT2D eigenvalue weighted by Gasteiger charge is -2.13. The van der Waals surface area contributed by atoms with Crippen molar-refractivity contribution in [1.29, 1.82) is 0 Å². The Bertz CT molecular complexity index is 1360. The SMILES string of the molecule is CC(=O)OCCCn1cc(C=O)c2cc(-c3cc(C(=O)NC4CC4)cc(F)c3C)ccc2c1=O. The molecule has 1 heterocycles. The maximum absolute atomic E-state index is 14.7. The number of carbonyl (C=O) groups is 3. The molecule has 3 aromatic rings. The summed E-state index contributed by atoms with van der Waals surface area (Å²) in [5.41, 5.74) is 1.74. The minimum Gasteiger partial charge on any atom is -0.466 e. The zero-order valence-corrected chi connectivity index (χ0v) is 19.0. The third-order valence-corrected chi connectivity index (χ3v) is 5.92. The van der Waals surface area contributed by atoms with Crippen molar-refractivity contribution >= 4 is 28.9 Å². The van der Waals surface area contributed by atoms with Crippen LogP contribution in [-0.2, 0) is 16.1 Å². The summed E-state index contributed by atoms with van der Waals surface area (Å²) in [4.78, 5) is 48.2. The highest BCUT2D eigenvalue weighted by atomic mass is 19.1. The minimum atomic E-state index is -0.502. The first kappa shape index (κ1) is 23.4. The Morgan fingerprint density at radius 2 is 1.97 bits per heavy atom. The Kier molecular flexibility index (Phi) is 6.58. The predicted molar refractivity (Wildman–Crippen MR) is 125 cm³/mol. The van der Waals surface area contributed by atoms with E-state index in [0.717, 1.165) is 12.8 Å². The van der Waals surface area contributed by atoms with Gasteiger partial charge in [-0.05, 0) is 72.5 Å². The number of ether oxygens (including phenoxy) is 1. The smallest absolute Gasteiger partial charge is 0.302 e. The van der Waals surface area contributed by atoms with Crippen LogP contribution in [0.25, 0.3) is 21.9 Å². The molecular formula is C26H25FN2O5. The number of aromatic nitrogens is 1. The zero-order chi connectivity index (χ0) is 24.4. The molecule has 1 fully saturated rings. The number of esters is 1. The van der Waals surface area contributed by atoms with Gasteiger partial charge >= 0.3 is 5.97 Å². The highest BCUT2D eigenvalue weighted by Gasteiger charge is 2.24. The molecule has 7 nitrogen and oxygen atoms in total. The van der Waals surface area contributed by atoms with Crippen molar-refractivity contribution in [2.24, 2.45) is 0 Å². The first-order valence-electron chi connectivity index (χ1n) is 11.2. The van der Waals surface area contributed by atoms with Gasteiger partial charge in [0.25, 0.3) is 11.5 Å². The van der Waals surface area contributed by atoms with Crippen molar-refractivity contribution in [1.82, 2.24) is 9.88 Å². The van der Waals surface area contributed by atoms with Gasteiger partial charge in [0.1, 0.15) is 5.82 Å². The number of nitrogens with one attached hydrogen (secondary N) is 1. The van der Waals surface area contributed by atoms with Crippen molar-refractivity contribution in [3.8, 4) is 11.1 Å². The number of aryl methyl sites for hydroxylation is 1. The van der Waals surface area contributed by atoms with Crippen LogP contribution in [0.2, 0.25) is 0 Å². The summed E-state index contributed by atoms with van der Waals surface area (Å²) in [6.07, 6.45) is 4.42. The average molecular weight is 464 g/mol. The maximum Gasteiger partial charge on any atom is 0.302 e. The van der Waals surface area contributed by atoms with Gasteiger partial charge in [0, 0.05) is 42.2 Å². The van der Waals surface area contributed by atoms with Crippen LogP contribution in [0, 0.1) is 12.7 Å². The van der Waals surface area contributed by atoms with Crippen LogP contribution in [0.15, 0.2) is 41.3 Å². The molecule has 1 N–H and O–H groups in total. The molecule has 0 aliphatic heterocycles. The molecule has 0 atom stereocenters. The van der Waals surface area contributed by atoms with E-state index in [1.165, 1.54) is 23.8 Å². The molecule has 1 aromatic heterocycles. The molecule has 1 aliphatic rings. The number of rotatable bonds is 8. The third-order valence-electron chi connectivity index (χ3n) is 5.92. The van der Waals surface area contributed by atoms with Crippen molar-refractivity contribution in [3.63, 3.8) is 0 Å². The van der Waals surface area contributed by atoms with Gasteiger partial charge < -0.3 is 14.6 Å². The van der Waals surface area contributed by atoms with Crippen LogP contribution in [0.5, 0.6) is 0 Å². The fourth-order valence-electron chi connectivity index (χ4n) is 3.90. The lowest BCUT2D eigenvalue weighted by Crippen LogP contribution is -2.25. The van der Waals surface area contributed by atoms with Crippen molar-refractivity contribution in [2.75, 3.05) is 6.61 Å². The first-order chi connectivity index (χ1) is 16.3. The third kappa shape index (κ3) is 4.90. The number of benzene rings is 2. The second-order valence-corrected chi connectivity index (χ2v) is 8.53. The topological polar surface area (TPSA) is 94.5 Å². The number of amides is 1. The lowest BCUT2D eigenvalue weighted by atomic mass is 9.94. The number of nitrogens with zero attached hydrogens (tertiary/aromatic N) is 1. The van der Waals surface area contributed by atoms with Crippen LogP contribution in [0.1, 0.15) is 52.5 Å². The Morgan fingerprint density at radius 1 is 1.21 bits per heavy atom. The van der Waals surface area contributed by atoms with Gasteiger partial charge in [0.15, 0.2) is 6.29 Å². The summed E-state index contributed by atoms with van der Waals surface area (Å²) in [6.45, 7) is 3.39. The molecule has 34 heavy (non-hydrogen) atoms. The average Bonchev–Trinajstić information content (AvgIpc) is 3.63. The van der Waals surface area contributed by atoms with E-state index >= 15 is 0 Å². The second kappa shape index (κ2) is 9.59. The van der Waals surface area contributed by atoms with Gasteiger partial charge in [0.05, 0.1) is 6.61 Å². The monoisotopic (exact) mass is 464 g/mol. The van der Waals surface area contributed by atoms with Crippen LogP contribution in [0.3, 0.4) is 0 Å². The molecule has 0 unspecified atom stereocenters. The molecule has 176 valence electrons. The van der Waals surface area contributed by atoms with Crippen molar-refractivity contribution in [2.45, 2.75) is 45.7 Å². The van der Waals surface area contributed by atoms with E-state index in [2.05, 4.69) is 5.32 Å². The summed E-state index contributed by atoms with van der Waals surface area (Å²) >= 11 is 0. The van der Waals surface area contributed by atoms with E-state index < -0.39 is 11.8 Å². The van der Waals surface area contributed by atoms with Crippen LogP contribution < -0.4 is 10.9 Å². The molecule has 8 heteroatoms. The van der Waals surface area contributed by atoms with E-state index in [4.69, 9.17) is 4.74 Å². The molecule has 1 aliphatic carbocycles. The van der Waals surface area contributed by atoms with Gasteiger partial charge in [-0.2, -0.15) is 0 Å². The predicted octanol–water partition coefficient (Wildman–Crippen LogP) is 3.77. The summed E-state index contributed by atoms with van der Waals surface area (Å²) in [5.74, 6) is -1.22. The molecule has 0 radical (unpaired) electrons. The fourth-order valence-corrected chi connectivity index (χ4v) is 3.90. The summed E-state index contributed by atoms with van der Waals surface area (Å²) in [7, 11) is 0. The van der Waals surface area contributed by atoms with Gasteiger partial charge in [-0.15, -0.1) is 0 Å². The summed E-state index contributed by atoms with van der Waals surface area (Å²) in [6, 6.07) is 7.97. The molecule has 2 aromatic carbocycles. The van der Waals surface area contributed by atoms with Gasteiger partial charge in [0.2, 0.25) is 0 Å². The summed E-state index contributed by atoms with van der Waals surface area (Å²) < 4.78 is 21.0. The highest BCUT2D eigenvalue weighted by Crippen LogP contribution is 2.30. The molecule has 1 amide bonds. The van der Waals surface area contributed by atoms with Crippen molar-refractivity contribution < 1.29 is 23.5 Å². The van der Waals surface area contributed by atoms with Gasteiger partial charge in [-0.25, -0.2) is 4.39 Å². The number of hydrogen-bond acceptors (Lipinski definition) is 5. The lowest BCUT2D eigenvalue weighted by molar-refractivity contribution is -0.141. The summed E-state index contributed by atoms with van der Waals surface area (Å²) in [5, 5.41) is 3.65. The number of halogens is 1. The van der Waals surface area contributed by atoms with E-state index in [1.54, 1.807) is 31.2 Å². The van der Waals surface area contributed by atoms with Crippen molar-refractivity contribution in [3.05, 3.63) is 69.4 Å². The quantitative estimate of drug-likeness (QED) is 0.311. The van der Waals surface area contributed by atoms with Gasteiger partial charge in [-0.3, -0.25) is 19.2 Å². The van der Waals surface area contributed by atoms with Crippen LogP contribution in [0.4, 0.5) is 4.39 Å². The molecule has 1 saturated carbocycles. The maximum atomic E-state index is 14.7. The molecule has 0 saturated heterocycles. The molecule has 0 bridgehead atoms. The molecular weight excluding hydrogens is 439 g/mol. The van der Waals surface area contributed by atoms with E-state index in [1.807, 2.05) is 0 Å². The van der Waals surface area contributed by atoms with E-state index in [-0.39, 0.29) is 36.2 Å². The van der Waals surface area contributed by atoms with Gasteiger partial charge in [-0.1, -0.05) is 6.07 Å². The normalized spacial score (nSPS) is 13.0. The second-order valence-electron chi connectivity index (χ2n) is 8.53. The first-order valence-corrected chi connectivity index (χ1v) is 11.2. The molecule has 0 spiro atoms. The number of hydrogen-bond donors (Lipinski definition) is 1. The number of pyridine rings is 1. The van der Waals surface area contributed by atoms with E-state index in [0.29, 0.717) is 45.7 Å². The Hall–Kier alpha value is -3.81. The number of aldehydes is 1. The molecule has 4 rings (SSSR count). The number of carbonyl (C=O) groups excluding carboxylic acids is 3. The Morgan fingerprint density at radius 3 is 2.65 bits per heavy atom. The Balaban J connectivity index is 1.72. The van der Waals surface area contributed by atoms with E-state index in [9.17, 15) is 23.6 Å². The minimum absolute atomic E-state index is 0.146. The largest absolute Gasteiger partial charge is 0.466 e.